The van der Waals surface area contributed by atoms with E-state index in [1.54, 1.807) is 25.1 Å². The van der Waals surface area contributed by atoms with Gasteiger partial charge in [0.15, 0.2) is 0 Å². The van der Waals surface area contributed by atoms with E-state index in [0.717, 1.165) is 18.7 Å². The van der Waals surface area contributed by atoms with Crippen LogP contribution >= 0.6 is 11.6 Å². The lowest BCUT2D eigenvalue weighted by Gasteiger charge is -2.35. The third-order valence-electron chi connectivity index (χ3n) is 4.00. The summed E-state index contributed by atoms with van der Waals surface area (Å²) in [6.07, 6.45) is 0. The molecule has 0 radical (unpaired) electrons. The van der Waals surface area contributed by atoms with Gasteiger partial charge in [0, 0.05) is 25.7 Å². The molecule has 0 amide bonds. The van der Waals surface area contributed by atoms with Gasteiger partial charge in [-0.1, -0.05) is 23.7 Å². The molecule has 3 rings (SSSR count). The van der Waals surface area contributed by atoms with Gasteiger partial charge in [-0.15, -0.1) is 0 Å². The molecule has 1 aliphatic rings. The quantitative estimate of drug-likeness (QED) is 0.840. The predicted octanol–water partition coefficient (Wildman–Crippen LogP) is 3.06. The van der Waals surface area contributed by atoms with Gasteiger partial charge in [-0.05, 0) is 24.6 Å². The smallest absolute Gasteiger partial charge is 0.134 e. The van der Waals surface area contributed by atoms with Crippen LogP contribution in [0.2, 0.25) is 5.15 Å². The summed E-state index contributed by atoms with van der Waals surface area (Å²) in [7, 11) is 0. The SMILES string of the molecule is Cc1nc(Cl)cc(NC[C@@H](c2cccc(F)c2)N2CCOCC2)n1. The van der Waals surface area contributed by atoms with Crippen molar-refractivity contribution in [3.63, 3.8) is 0 Å². The van der Waals surface area contributed by atoms with E-state index in [0.29, 0.717) is 36.6 Å². The van der Waals surface area contributed by atoms with Crippen molar-refractivity contribution in [2.75, 3.05) is 38.2 Å². The van der Waals surface area contributed by atoms with Crippen molar-refractivity contribution < 1.29 is 9.13 Å². The number of halogens is 2. The average molecular weight is 351 g/mol. The molecule has 0 bridgehead atoms. The third kappa shape index (κ3) is 4.41. The number of anilines is 1. The van der Waals surface area contributed by atoms with Crippen molar-refractivity contribution in [1.82, 2.24) is 14.9 Å². The van der Waals surface area contributed by atoms with E-state index in [-0.39, 0.29) is 11.9 Å². The van der Waals surface area contributed by atoms with Crippen LogP contribution in [0.15, 0.2) is 30.3 Å². The van der Waals surface area contributed by atoms with Crippen LogP contribution in [-0.4, -0.2) is 47.7 Å². The standard InChI is InChI=1S/C17H20ClFN4O/c1-12-21-16(18)10-17(22-12)20-11-15(23-5-7-24-8-6-23)13-3-2-4-14(19)9-13/h2-4,9-10,15H,5-8,11H2,1H3,(H,20,21,22)/t15-/m0/s1. The largest absolute Gasteiger partial charge is 0.379 e. The second-order valence-electron chi connectivity index (χ2n) is 5.72. The lowest BCUT2D eigenvalue weighted by Crippen LogP contribution is -2.41. The maximum Gasteiger partial charge on any atom is 0.134 e. The van der Waals surface area contributed by atoms with Gasteiger partial charge in [0.25, 0.3) is 0 Å². The summed E-state index contributed by atoms with van der Waals surface area (Å²) in [5.74, 6) is 1.05. The van der Waals surface area contributed by atoms with Crippen LogP contribution < -0.4 is 5.32 Å². The lowest BCUT2D eigenvalue weighted by atomic mass is 10.0. The molecular weight excluding hydrogens is 331 g/mol. The fourth-order valence-corrected chi connectivity index (χ4v) is 3.11. The summed E-state index contributed by atoms with van der Waals surface area (Å²) in [5, 5.41) is 3.70. The first-order valence-corrected chi connectivity index (χ1v) is 8.32. The zero-order valence-corrected chi connectivity index (χ0v) is 14.3. The van der Waals surface area contributed by atoms with E-state index in [4.69, 9.17) is 16.3 Å². The van der Waals surface area contributed by atoms with E-state index in [2.05, 4.69) is 20.2 Å². The van der Waals surface area contributed by atoms with Crippen LogP contribution in [-0.2, 0) is 4.74 Å². The highest BCUT2D eigenvalue weighted by molar-refractivity contribution is 6.29. The molecular formula is C17H20ClFN4O. The Kier molecular flexibility index (Phi) is 5.60. The number of hydrogen-bond acceptors (Lipinski definition) is 5. The number of nitrogens with zero attached hydrogens (tertiary/aromatic N) is 3. The number of nitrogens with one attached hydrogen (secondary N) is 1. The third-order valence-corrected chi connectivity index (χ3v) is 4.20. The molecule has 2 heterocycles. The number of ether oxygens (including phenoxy) is 1. The molecule has 1 saturated heterocycles. The van der Waals surface area contributed by atoms with Gasteiger partial charge >= 0.3 is 0 Å². The molecule has 0 unspecified atom stereocenters. The Morgan fingerprint density at radius 3 is 2.79 bits per heavy atom. The van der Waals surface area contributed by atoms with Gasteiger partial charge in [-0.2, -0.15) is 0 Å². The van der Waals surface area contributed by atoms with Crippen LogP contribution in [0.3, 0.4) is 0 Å². The van der Waals surface area contributed by atoms with Crippen molar-refractivity contribution in [3.05, 3.63) is 52.7 Å². The Bertz CT molecular complexity index is 674. The molecule has 0 saturated carbocycles. The fraction of sp³-hybridized carbons (Fsp3) is 0.412. The molecule has 0 aliphatic carbocycles. The predicted molar refractivity (Wildman–Crippen MR) is 91.8 cm³/mol. The highest BCUT2D eigenvalue weighted by Gasteiger charge is 2.23. The van der Waals surface area contributed by atoms with Gasteiger partial charge in [-0.25, -0.2) is 14.4 Å². The highest BCUT2D eigenvalue weighted by atomic mass is 35.5. The van der Waals surface area contributed by atoms with E-state index in [1.807, 2.05) is 6.07 Å². The molecule has 2 aromatic rings. The summed E-state index contributed by atoms with van der Waals surface area (Å²) in [5.41, 5.74) is 0.932. The monoisotopic (exact) mass is 350 g/mol. The summed E-state index contributed by atoms with van der Waals surface area (Å²) < 4.78 is 19.1. The van der Waals surface area contributed by atoms with Crippen LogP contribution in [0.25, 0.3) is 0 Å². The summed E-state index contributed by atoms with van der Waals surface area (Å²) in [4.78, 5) is 10.7. The maximum atomic E-state index is 13.7. The molecule has 7 heteroatoms. The van der Waals surface area contributed by atoms with Gasteiger partial charge in [0.05, 0.1) is 19.3 Å². The molecule has 1 N–H and O–H groups in total. The highest BCUT2D eigenvalue weighted by Crippen LogP contribution is 2.23. The Hall–Kier alpha value is -1.76. The van der Waals surface area contributed by atoms with Crippen molar-refractivity contribution >= 4 is 17.4 Å². The van der Waals surface area contributed by atoms with E-state index < -0.39 is 0 Å². The average Bonchev–Trinajstić information content (AvgIpc) is 2.55. The summed E-state index contributed by atoms with van der Waals surface area (Å²) in [6, 6.07) is 8.45. The number of aromatic nitrogens is 2. The van der Waals surface area contributed by atoms with Crippen molar-refractivity contribution in [2.24, 2.45) is 0 Å². The second kappa shape index (κ2) is 7.88. The maximum absolute atomic E-state index is 13.7. The number of aryl methyl sites for hydroxylation is 1. The molecule has 0 spiro atoms. The summed E-state index contributed by atoms with van der Waals surface area (Å²) in [6.45, 7) is 5.38. The van der Waals surface area contributed by atoms with E-state index >= 15 is 0 Å². The number of benzene rings is 1. The molecule has 1 aromatic heterocycles. The van der Waals surface area contributed by atoms with Gasteiger partial charge in [0.2, 0.25) is 0 Å². The van der Waals surface area contributed by atoms with E-state index in [1.165, 1.54) is 6.07 Å². The molecule has 24 heavy (non-hydrogen) atoms. The minimum atomic E-state index is -0.230. The second-order valence-corrected chi connectivity index (χ2v) is 6.11. The van der Waals surface area contributed by atoms with Crippen LogP contribution in [0.1, 0.15) is 17.4 Å². The zero-order valence-electron chi connectivity index (χ0n) is 13.5. The Labute approximate surface area is 145 Å². The topological polar surface area (TPSA) is 50.3 Å². The Morgan fingerprint density at radius 2 is 2.08 bits per heavy atom. The van der Waals surface area contributed by atoms with Gasteiger partial charge < -0.3 is 10.1 Å². The van der Waals surface area contributed by atoms with E-state index in [9.17, 15) is 4.39 Å². The Balaban J connectivity index is 1.78. The summed E-state index contributed by atoms with van der Waals surface area (Å²) >= 11 is 5.98. The van der Waals surface area contributed by atoms with Crippen LogP contribution in [0.4, 0.5) is 10.2 Å². The molecule has 1 atom stereocenters. The Morgan fingerprint density at radius 1 is 1.29 bits per heavy atom. The minimum absolute atomic E-state index is 0.0265. The molecule has 5 nitrogen and oxygen atoms in total. The zero-order chi connectivity index (χ0) is 16.9. The first-order chi connectivity index (χ1) is 11.6. The number of rotatable bonds is 5. The van der Waals surface area contributed by atoms with Gasteiger partial charge in [-0.3, -0.25) is 4.90 Å². The number of morpholine rings is 1. The normalized spacial score (nSPS) is 16.8. The van der Waals surface area contributed by atoms with Crippen LogP contribution in [0.5, 0.6) is 0 Å². The first-order valence-electron chi connectivity index (χ1n) is 7.94. The number of hydrogen-bond donors (Lipinski definition) is 1. The van der Waals surface area contributed by atoms with Crippen molar-refractivity contribution in [2.45, 2.75) is 13.0 Å². The molecule has 1 aromatic carbocycles. The first kappa shape index (κ1) is 17.1. The van der Waals surface area contributed by atoms with Crippen molar-refractivity contribution in [3.8, 4) is 0 Å². The lowest BCUT2D eigenvalue weighted by molar-refractivity contribution is 0.0186. The molecule has 1 fully saturated rings. The minimum Gasteiger partial charge on any atom is -0.379 e. The fourth-order valence-electron chi connectivity index (χ4n) is 2.88. The van der Waals surface area contributed by atoms with Crippen molar-refractivity contribution in [1.29, 1.82) is 0 Å². The molecule has 1 aliphatic heterocycles. The molecule has 128 valence electrons. The van der Waals surface area contributed by atoms with Crippen LogP contribution in [0, 0.1) is 12.7 Å². The van der Waals surface area contributed by atoms with Gasteiger partial charge in [0.1, 0.15) is 22.6 Å².